The van der Waals surface area contributed by atoms with E-state index in [9.17, 15) is 9.59 Å². The Labute approximate surface area is 188 Å². The lowest BCUT2D eigenvalue weighted by molar-refractivity contribution is -0.124. The van der Waals surface area contributed by atoms with Crippen LogP contribution in [-0.2, 0) is 9.53 Å². The van der Waals surface area contributed by atoms with Gasteiger partial charge in [-0.15, -0.1) is 11.3 Å². The molecule has 0 aliphatic heterocycles. The van der Waals surface area contributed by atoms with Gasteiger partial charge in [0.15, 0.2) is 11.2 Å². The van der Waals surface area contributed by atoms with Gasteiger partial charge in [-0.1, -0.05) is 13.0 Å². The summed E-state index contributed by atoms with van der Waals surface area (Å²) < 4.78 is 10.7. The van der Waals surface area contributed by atoms with Gasteiger partial charge in [-0.3, -0.25) is 20.1 Å². The summed E-state index contributed by atoms with van der Waals surface area (Å²) in [6.45, 7) is 1.77. The van der Waals surface area contributed by atoms with Crippen molar-refractivity contribution in [2.45, 2.75) is 19.4 Å². The molecule has 0 spiro atoms. The Hall–Kier alpha value is -3.85. The van der Waals surface area contributed by atoms with Gasteiger partial charge in [0.25, 0.3) is 5.91 Å². The fourth-order valence-electron chi connectivity index (χ4n) is 3.08. The summed E-state index contributed by atoms with van der Waals surface area (Å²) in [6.07, 6.45) is 2.40. The van der Waals surface area contributed by atoms with E-state index >= 15 is 0 Å². The van der Waals surface area contributed by atoms with Crippen LogP contribution in [0.25, 0.3) is 22.3 Å². The topological polar surface area (TPSA) is 103 Å². The molecule has 0 radical (unpaired) electrons. The largest absolute Gasteiger partial charge is 0.497 e. The number of esters is 1. The third kappa shape index (κ3) is 4.57. The molecule has 0 aliphatic rings. The van der Waals surface area contributed by atoms with Crippen molar-refractivity contribution in [3.63, 3.8) is 0 Å². The van der Waals surface area contributed by atoms with E-state index in [-0.39, 0.29) is 5.56 Å². The number of nitrogens with zero attached hydrogens (tertiary/aromatic N) is 3. The molecule has 2 heterocycles. The zero-order valence-electron chi connectivity index (χ0n) is 17.4. The maximum absolute atomic E-state index is 12.7. The van der Waals surface area contributed by atoms with Crippen molar-refractivity contribution in [1.29, 1.82) is 0 Å². The molecule has 4 aromatic rings. The number of rotatable bonds is 7. The zero-order valence-corrected chi connectivity index (χ0v) is 18.3. The molecule has 8 nitrogen and oxygen atoms in total. The van der Waals surface area contributed by atoms with Crippen LogP contribution in [0.1, 0.15) is 23.7 Å². The fraction of sp³-hybridized carbons (Fsp3) is 0.174. The van der Waals surface area contributed by atoms with Crippen LogP contribution in [0.3, 0.4) is 0 Å². The molecule has 4 rings (SSSR count). The summed E-state index contributed by atoms with van der Waals surface area (Å²) >= 11 is 1.29. The Balaban J connectivity index is 1.45. The van der Waals surface area contributed by atoms with E-state index in [0.29, 0.717) is 22.6 Å². The monoisotopic (exact) mass is 448 g/mol. The molecule has 1 N–H and O–H groups in total. The first-order valence-corrected chi connectivity index (χ1v) is 10.8. The second-order valence-corrected chi connectivity index (χ2v) is 7.65. The minimum Gasteiger partial charge on any atom is -0.497 e. The maximum Gasteiger partial charge on any atom is 0.341 e. The molecule has 0 aliphatic carbocycles. The number of nitrogens with one attached hydrogen (secondary N) is 1. The van der Waals surface area contributed by atoms with E-state index in [1.54, 1.807) is 38.4 Å². The molecule has 2 aromatic carbocycles. The van der Waals surface area contributed by atoms with E-state index in [2.05, 4.69) is 20.3 Å². The number of thiazole rings is 1. The second-order valence-electron chi connectivity index (χ2n) is 6.79. The summed E-state index contributed by atoms with van der Waals surface area (Å²) in [6, 6.07) is 12.5. The Bertz CT molecular complexity index is 1250. The lowest BCUT2D eigenvalue weighted by Crippen LogP contribution is -2.32. The summed E-state index contributed by atoms with van der Waals surface area (Å²) in [5.41, 5.74) is 2.90. The lowest BCUT2D eigenvalue weighted by atomic mass is 10.1. The average molecular weight is 449 g/mol. The van der Waals surface area contributed by atoms with Crippen LogP contribution in [-0.4, -0.2) is 40.0 Å². The quantitative estimate of drug-likeness (QED) is 0.420. The van der Waals surface area contributed by atoms with E-state index in [0.717, 1.165) is 17.0 Å². The number of aromatic nitrogens is 3. The van der Waals surface area contributed by atoms with Gasteiger partial charge in [-0.05, 0) is 42.8 Å². The first-order valence-electron chi connectivity index (χ1n) is 9.90. The lowest BCUT2D eigenvalue weighted by Gasteiger charge is -2.15. The Morgan fingerprint density at radius 2 is 1.88 bits per heavy atom. The Kier molecular flexibility index (Phi) is 6.37. The normalized spacial score (nSPS) is 11.7. The Morgan fingerprint density at radius 1 is 1.09 bits per heavy atom. The molecule has 1 atom stereocenters. The standard InChI is InChI=1S/C23H20N4O4S/c1-3-19(31-22(29)16-5-4-6-17-20(16)25-12-11-24-17)21(28)27-23-26-18(13-32-23)14-7-9-15(30-2)10-8-14/h4-13,19H,3H2,1-2H3,(H,26,27,28). The number of anilines is 1. The van der Waals surface area contributed by atoms with Crippen LogP contribution in [0.2, 0.25) is 0 Å². The van der Waals surface area contributed by atoms with Gasteiger partial charge >= 0.3 is 5.97 Å². The second kappa shape index (κ2) is 9.52. The van der Waals surface area contributed by atoms with Crippen LogP contribution >= 0.6 is 11.3 Å². The molecule has 9 heteroatoms. The molecule has 162 valence electrons. The highest BCUT2D eigenvalue weighted by atomic mass is 32.1. The van der Waals surface area contributed by atoms with Crippen molar-refractivity contribution in [3.05, 3.63) is 65.8 Å². The number of fused-ring (bicyclic) bond motifs is 1. The number of ether oxygens (including phenoxy) is 2. The van der Waals surface area contributed by atoms with Crippen molar-refractivity contribution < 1.29 is 19.1 Å². The van der Waals surface area contributed by atoms with Crippen LogP contribution < -0.4 is 10.1 Å². The van der Waals surface area contributed by atoms with Gasteiger partial charge in [0.2, 0.25) is 0 Å². The summed E-state index contributed by atoms with van der Waals surface area (Å²) in [5.74, 6) is -0.318. The summed E-state index contributed by atoms with van der Waals surface area (Å²) in [4.78, 5) is 38.3. The molecule has 0 saturated carbocycles. The van der Waals surface area contributed by atoms with E-state index in [1.807, 2.05) is 29.6 Å². The van der Waals surface area contributed by atoms with E-state index < -0.39 is 18.0 Å². The van der Waals surface area contributed by atoms with Crippen LogP contribution in [0, 0.1) is 0 Å². The molecule has 0 saturated heterocycles. The van der Waals surface area contributed by atoms with Gasteiger partial charge in [-0.25, -0.2) is 9.78 Å². The number of para-hydroxylation sites is 1. The summed E-state index contributed by atoms with van der Waals surface area (Å²) in [7, 11) is 1.61. The number of carbonyl (C=O) groups is 2. The predicted molar refractivity (Wildman–Crippen MR) is 122 cm³/mol. The highest BCUT2D eigenvalue weighted by Crippen LogP contribution is 2.27. The number of carbonyl (C=O) groups excluding carboxylic acids is 2. The average Bonchev–Trinajstić information content (AvgIpc) is 3.30. The van der Waals surface area contributed by atoms with Crippen molar-refractivity contribution >= 4 is 39.4 Å². The first kappa shape index (κ1) is 21.4. The van der Waals surface area contributed by atoms with Gasteiger partial charge in [0.1, 0.15) is 11.3 Å². The maximum atomic E-state index is 12.7. The molecule has 1 amide bonds. The van der Waals surface area contributed by atoms with Gasteiger partial charge < -0.3 is 9.47 Å². The number of benzene rings is 2. The van der Waals surface area contributed by atoms with Crippen molar-refractivity contribution in [2.75, 3.05) is 12.4 Å². The first-order chi connectivity index (χ1) is 15.6. The highest BCUT2D eigenvalue weighted by Gasteiger charge is 2.24. The highest BCUT2D eigenvalue weighted by molar-refractivity contribution is 7.14. The minimum absolute atomic E-state index is 0.262. The zero-order chi connectivity index (χ0) is 22.5. The molecular formula is C23H20N4O4S. The molecular weight excluding hydrogens is 428 g/mol. The molecule has 32 heavy (non-hydrogen) atoms. The molecule has 1 unspecified atom stereocenters. The molecule has 2 aromatic heterocycles. The van der Waals surface area contributed by atoms with E-state index in [1.165, 1.54) is 17.5 Å². The summed E-state index contributed by atoms with van der Waals surface area (Å²) in [5, 5.41) is 5.01. The molecule has 0 bridgehead atoms. The Morgan fingerprint density at radius 3 is 2.62 bits per heavy atom. The number of amides is 1. The third-order valence-corrected chi connectivity index (χ3v) is 5.51. The smallest absolute Gasteiger partial charge is 0.341 e. The van der Waals surface area contributed by atoms with Crippen molar-refractivity contribution in [1.82, 2.24) is 15.0 Å². The fourth-order valence-corrected chi connectivity index (χ4v) is 3.81. The number of hydrogen-bond donors (Lipinski definition) is 1. The number of hydrogen-bond acceptors (Lipinski definition) is 8. The van der Waals surface area contributed by atoms with Gasteiger partial charge in [0, 0.05) is 23.3 Å². The van der Waals surface area contributed by atoms with Crippen molar-refractivity contribution in [3.8, 4) is 17.0 Å². The minimum atomic E-state index is -0.970. The number of methoxy groups -OCH3 is 1. The van der Waals surface area contributed by atoms with E-state index in [4.69, 9.17) is 9.47 Å². The van der Waals surface area contributed by atoms with Crippen LogP contribution in [0.4, 0.5) is 5.13 Å². The van der Waals surface area contributed by atoms with Gasteiger partial charge in [0.05, 0.1) is 23.9 Å². The SMILES string of the molecule is CCC(OC(=O)c1cccc2nccnc12)C(=O)Nc1nc(-c2ccc(OC)cc2)cs1. The van der Waals surface area contributed by atoms with Gasteiger partial charge in [-0.2, -0.15) is 0 Å². The predicted octanol–water partition coefficient (Wildman–Crippen LogP) is 4.34. The van der Waals surface area contributed by atoms with Crippen molar-refractivity contribution in [2.24, 2.45) is 0 Å². The molecule has 0 fully saturated rings. The third-order valence-electron chi connectivity index (χ3n) is 4.75. The van der Waals surface area contributed by atoms with Crippen LogP contribution in [0.5, 0.6) is 5.75 Å². The van der Waals surface area contributed by atoms with Crippen LogP contribution in [0.15, 0.2) is 60.2 Å².